The summed E-state index contributed by atoms with van der Waals surface area (Å²) in [6.45, 7) is -1.12. The molecule has 2 aromatic carbocycles. The summed E-state index contributed by atoms with van der Waals surface area (Å²) in [6.07, 6.45) is -1.86. The summed E-state index contributed by atoms with van der Waals surface area (Å²) in [6, 6.07) is 5.57. The van der Waals surface area contributed by atoms with Gasteiger partial charge in [0, 0.05) is 50.8 Å². The van der Waals surface area contributed by atoms with E-state index in [0.29, 0.717) is 11.1 Å². The second kappa shape index (κ2) is 30.2. The molecule has 0 aromatic heterocycles. The number of nitrogens with zero attached hydrogens (tertiary/aromatic N) is 2. The number of hydrogen-bond acceptors (Lipinski definition) is 15. The number of rotatable bonds is 20. The number of carbonyl (C=O) groups excluding carboxylic acids is 11. The molecule has 0 saturated carbocycles. The minimum atomic E-state index is -1.78. The van der Waals surface area contributed by atoms with Crippen molar-refractivity contribution >= 4 is 92.5 Å². The van der Waals surface area contributed by atoms with Crippen molar-refractivity contribution in [2.75, 3.05) is 38.2 Å². The molecule has 72 heavy (non-hydrogen) atoms. The van der Waals surface area contributed by atoms with Crippen LogP contribution < -0.4 is 65.9 Å². The third-order valence-electron chi connectivity index (χ3n) is 10.4. The molecule has 0 aliphatic carbocycles. The lowest BCUT2D eigenvalue weighted by Crippen LogP contribution is -2.60. The van der Waals surface area contributed by atoms with Crippen LogP contribution in [-0.2, 0) is 65.6 Å². The van der Waals surface area contributed by atoms with E-state index < -0.39 is 134 Å². The molecule has 1 aliphatic rings. The fourth-order valence-corrected chi connectivity index (χ4v) is 8.96. The van der Waals surface area contributed by atoms with Gasteiger partial charge in [-0.05, 0) is 42.5 Å². The van der Waals surface area contributed by atoms with Crippen LogP contribution >= 0.6 is 21.6 Å². The number of primary amides is 3. The largest absolute Gasteiger partial charge is 0.508 e. The summed E-state index contributed by atoms with van der Waals surface area (Å²) in [4.78, 5) is 151. The van der Waals surface area contributed by atoms with Crippen LogP contribution in [0.4, 0.5) is 0 Å². The van der Waals surface area contributed by atoms with Gasteiger partial charge in [-0.3, -0.25) is 57.7 Å². The van der Waals surface area contributed by atoms with Gasteiger partial charge in [0.25, 0.3) is 0 Å². The van der Waals surface area contributed by atoms with E-state index in [4.69, 9.17) is 28.7 Å². The molecular formula is C44H62N14O12S2. The highest BCUT2D eigenvalue weighted by Crippen LogP contribution is 2.24. The molecule has 1 saturated heterocycles. The first-order chi connectivity index (χ1) is 34.1. The molecule has 6 atom stereocenters. The lowest BCUT2D eigenvalue weighted by molar-refractivity contribution is -0.139. The van der Waals surface area contributed by atoms with Gasteiger partial charge < -0.3 is 75.9 Å². The van der Waals surface area contributed by atoms with Crippen LogP contribution in [0.5, 0.6) is 5.75 Å². The topological polar surface area (TPSA) is 438 Å². The normalized spacial score (nSPS) is 19.8. The molecular weight excluding hydrogens is 981 g/mol. The van der Waals surface area contributed by atoms with E-state index in [-0.39, 0.29) is 61.9 Å². The highest BCUT2D eigenvalue weighted by Gasteiger charge is 2.35. The minimum Gasteiger partial charge on any atom is -0.508 e. The number of phenols is 1. The zero-order chi connectivity index (χ0) is 53.3. The Hall–Kier alpha value is -7.62. The first-order valence-corrected chi connectivity index (χ1v) is 24.9. The molecule has 1 fully saturated rings. The van der Waals surface area contributed by atoms with Crippen LogP contribution in [0.15, 0.2) is 59.6 Å². The number of nitrogens with one attached hydrogen (secondary N) is 7. The average molecular weight is 1040 g/mol. The van der Waals surface area contributed by atoms with Crippen LogP contribution in [0.1, 0.15) is 49.7 Å². The van der Waals surface area contributed by atoms with Gasteiger partial charge in [-0.15, -0.1) is 0 Å². The number of nitrogens with two attached hydrogens (primary N) is 5. The molecule has 28 heteroatoms. The van der Waals surface area contributed by atoms with Crippen LogP contribution in [0.25, 0.3) is 0 Å². The van der Waals surface area contributed by atoms with Gasteiger partial charge in [0.05, 0.1) is 19.5 Å². The van der Waals surface area contributed by atoms with E-state index in [9.17, 15) is 57.8 Å². The fraction of sp³-hybridized carbons (Fsp3) is 0.455. The summed E-state index contributed by atoms with van der Waals surface area (Å²) >= 11 is 0. The maximum atomic E-state index is 14.2. The maximum Gasteiger partial charge on any atom is 0.246 e. The van der Waals surface area contributed by atoms with Crippen molar-refractivity contribution in [3.05, 3.63) is 65.7 Å². The summed E-state index contributed by atoms with van der Waals surface area (Å²) in [7, 11) is 3.35. The van der Waals surface area contributed by atoms with E-state index in [2.05, 4.69) is 42.2 Å². The Balaban J connectivity index is 1.99. The second-order valence-electron chi connectivity index (χ2n) is 16.4. The van der Waals surface area contributed by atoms with E-state index in [1.807, 2.05) is 0 Å². The Morgan fingerprint density at radius 1 is 0.736 bits per heavy atom. The Kier molecular flexibility index (Phi) is 24.6. The van der Waals surface area contributed by atoms with E-state index in [1.165, 1.54) is 19.2 Å². The number of benzene rings is 2. The van der Waals surface area contributed by atoms with Gasteiger partial charge in [0.1, 0.15) is 42.0 Å². The van der Waals surface area contributed by atoms with Gasteiger partial charge in [0.15, 0.2) is 5.96 Å². The first-order valence-electron chi connectivity index (χ1n) is 22.4. The Morgan fingerprint density at radius 2 is 1.32 bits per heavy atom. The molecule has 1 aliphatic heterocycles. The number of likely N-dealkylation sites (N-methyl/N-ethyl adjacent to an activating group) is 1. The number of aromatic hydroxyl groups is 1. The van der Waals surface area contributed by atoms with Crippen LogP contribution in [-0.4, -0.2) is 155 Å². The number of aliphatic imine (C=N–C) groups is 1. The first kappa shape index (κ1) is 58.7. The highest BCUT2D eigenvalue weighted by atomic mass is 33.1. The number of phenolic OH excluding ortho intramolecular Hbond substituents is 1. The molecule has 0 unspecified atom stereocenters. The molecule has 392 valence electrons. The van der Waals surface area contributed by atoms with Gasteiger partial charge in [-0.1, -0.05) is 64.1 Å². The summed E-state index contributed by atoms with van der Waals surface area (Å²) in [5, 5.41) is 27.4. The Bertz CT molecular complexity index is 2290. The van der Waals surface area contributed by atoms with Crippen molar-refractivity contribution in [1.82, 2.24) is 42.1 Å². The SMILES string of the molecule is CN(CC(=O)N[C@H](CCCN=C(N)N)C(=O)NCC(N)=O)C(=O)[C@@H]1CSSCCC(=O)N[C@H](Cc2ccc(O)cc2)C(=O)N[C@@H](Cc2ccccc2)C(=O)N[C@H](CCC(N)=O)C(=O)N[C@@H](CC(N)=O)C(=O)N1. The number of amides is 11. The molecule has 18 N–H and O–H groups in total. The molecule has 0 radical (unpaired) electrons. The third-order valence-corrected chi connectivity index (χ3v) is 12.8. The summed E-state index contributed by atoms with van der Waals surface area (Å²) in [5.41, 5.74) is 27.9. The van der Waals surface area contributed by atoms with Crippen molar-refractivity contribution in [1.29, 1.82) is 0 Å². The standard InChI is InChI=1S/C44H62N14O12S2/c1-58(22-37(64)52-27(8-5-16-50-44(48)49)38(65)51-21-35(47)62)43(70)32-23-72-71-17-15-36(63)53-29(19-25-9-11-26(59)12-10-25)40(67)55-30(18-24-6-3-2-4-7-24)41(68)54-28(13-14-33(45)60)39(66)56-31(20-34(46)61)42(69)57-32/h2-4,6-7,9-12,27-32,59H,5,8,13-23H2,1H3,(H2,45,60)(H2,46,61)(H2,47,62)(H,51,65)(H,52,64)(H,53,63)(H,54,68)(H,55,67)(H,56,66)(H,57,69)(H4,48,49,50)/t27-,28-,29-,30+,31+,32+/m1/s1. The Labute approximate surface area is 422 Å². The van der Waals surface area contributed by atoms with Crippen molar-refractivity contribution in [3.8, 4) is 5.75 Å². The molecule has 3 rings (SSSR count). The molecule has 26 nitrogen and oxygen atoms in total. The van der Waals surface area contributed by atoms with Crippen molar-refractivity contribution in [2.24, 2.45) is 33.7 Å². The zero-order valence-electron chi connectivity index (χ0n) is 39.4. The zero-order valence-corrected chi connectivity index (χ0v) is 41.0. The fourth-order valence-electron chi connectivity index (χ4n) is 6.81. The van der Waals surface area contributed by atoms with E-state index >= 15 is 0 Å². The monoisotopic (exact) mass is 1040 g/mol. The van der Waals surface area contributed by atoms with Crippen molar-refractivity contribution in [2.45, 2.75) is 87.6 Å². The van der Waals surface area contributed by atoms with Gasteiger partial charge in [-0.25, -0.2) is 0 Å². The van der Waals surface area contributed by atoms with E-state index in [1.54, 1.807) is 42.5 Å². The number of hydrogen-bond donors (Lipinski definition) is 13. The predicted octanol–water partition coefficient (Wildman–Crippen LogP) is -4.87. The smallest absolute Gasteiger partial charge is 0.246 e. The van der Waals surface area contributed by atoms with E-state index in [0.717, 1.165) is 26.5 Å². The van der Waals surface area contributed by atoms with Crippen LogP contribution in [0.2, 0.25) is 0 Å². The van der Waals surface area contributed by atoms with Gasteiger partial charge in [-0.2, -0.15) is 0 Å². The molecule has 1 heterocycles. The average Bonchev–Trinajstić information content (AvgIpc) is 3.31. The highest BCUT2D eigenvalue weighted by molar-refractivity contribution is 8.76. The van der Waals surface area contributed by atoms with Crippen LogP contribution in [0.3, 0.4) is 0 Å². The molecule has 0 bridgehead atoms. The third kappa shape index (κ3) is 22.0. The second-order valence-corrected chi connectivity index (χ2v) is 19.0. The van der Waals surface area contributed by atoms with Crippen molar-refractivity contribution < 1.29 is 57.8 Å². The molecule has 2 aromatic rings. The summed E-state index contributed by atoms with van der Waals surface area (Å²) < 4.78 is 0. The lowest BCUT2D eigenvalue weighted by Gasteiger charge is -2.28. The number of guanidine groups is 1. The lowest BCUT2D eigenvalue weighted by atomic mass is 10.0. The van der Waals surface area contributed by atoms with Gasteiger partial charge >= 0.3 is 0 Å². The maximum absolute atomic E-state index is 14.2. The van der Waals surface area contributed by atoms with Gasteiger partial charge in [0.2, 0.25) is 65.0 Å². The van der Waals surface area contributed by atoms with Crippen LogP contribution in [0, 0.1) is 0 Å². The molecule has 11 amide bonds. The Morgan fingerprint density at radius 3 is 1.93 bits per heavy atom. The minimum absolute atomic E-state index is 0.00405. The quantitative estimate of drug-likeness (QED) is 0.0256. The van der Waals surface area contributed by atoms with Crippen molar-refractivity contribution in [3.63, 3.8) is 0 Å². The summed E-state index contributed by atoms with van der Waals surface area (Å²) in [5.74, 6) is -10.1. The predicted molar refractivity (Wildman–Crippen MR) is 265 cm³/mol. The molecule has 0 spiro atoms. The number of carbonyl (C=O) groups is 11.